The lowest BCUT2D eigenvalue weighted by Gasteiger charge is -2.19. The highest BCUT2D eigenvalue weighted by Crippen LogP contribution is 2.35. The maximum Gasteiger partial charge on any atom is 0.263 e. The van der Waals surface area contributed by atoms with E-state index in [9.17, 15) is 9.59 Å². The van der Waals surface area contributed by atoms with Crippen molar-refractivity contribution in [1.29, 1.82) is 0 Å². The van der Waals surface area contributed by atoms with Gasteiger partial charge in [0.15, 0.2) is 5.16 Å². The van der Waals surface area contributed by atoms with Crippen molar-refractivity contribution < 1.29 is 4.79 Å². The minimum absolute atomic E-state index is 0.0788. The van der Waals surface area contributed by atoms with Gasteiger partial charge in [-0.05, 0) is 57.4 Å². The van der Waals surface area contributed by atoms with Crippen molar-refractivity contribution in [3.63, 3.8) is 0 Å². The van der Waals surface area contributed by atoms with E-state index < -0.39 is 0 Å². The monoisotopic (exact) mass is 419 g/mol. The van der Waals surface area contributed by atoms with Crippen LogP contribution in [0.5, 0.6) is 0 Å². The first-order valence-electron chi connectivity index (χ1n) is 10.6. The first-order valence-corrected chi connectivity index (χ1v) is 12.4. The molecule has 28 heavy (non-hydrogen) atoms. The Hall–Kier alpha value is -1.34. The molecule has 1 atom stereocenters. The molecule has 0 aromatic carbocycles. The molecule has 1 aliphatic heterocycles. The van der Waals surface area contributed by atoms with E-state index >= 15 is 0 Å². The van der Waals surface area contributed by atoms with Gasteiger partial charge in [0.2, 0.25) is 5.91 Å². The van der Waals surface area contributed by atoms with Crippen molar-refractivity contribution in [2.75, 3.05) is 18.8 Å². The minimum Gasteiger partial charge on any atom is -0.342 e. The summed E-state index contributed by atoms with van der Waals surface area (Å²) in [5.74, 6) is 0.522. The fraction of sp³-hybridized carbons (Fsp3) is 0.667. The average molecular weight is 420 g/mol. The standard InChI is InChI=1S/C21H29N3O2S2/c1-3-14(2)24-20(26)18-15-9-5-4-6-10-16(15)28-19(18)22-21(24)27-13-17(25)23-11-7-8-12-23/h14H,3-13H2,1-2H3. The van der Waals surface area contributed by atoms with Crippen LogP contribution in [0.3, 0.4) is 0 Å². The zero-order valence-corrected chi connectivity index (χ0v) is 18.5. The molecular weight excluding hydrogens is 390 g/mol. The van der Waals surface area contributed by atoms with Crippen LogP contribution in [0, 0.1) is 0 Å². The molecule has 4 rings (SSSR count). The Kier molecular flexibility index (Phi) is 6.11. The summed E-state index contributed by atoms with van der Waals surface area (Å²) >= 11 is 3.13. The van der Waals surface area contributed by atoms with Crippen LogP contribution >= 0.6 is 23.1 Å². The molecule has 0 radical (unpaired) electrons. The van der Waals surface area contributed by atoms with Gasteiger partial charge in [-0.25, -0.2) is 4.98 Å². The second-order valence-electron chi connectivity index (χ2n) is 7.95. The van der Waals surface area contributed by atoms with Crippen molar-refractivity contribution in [2.24, 2.45) is 0 Å². The van der Waals surface area contributed by atoms with E-state index in [1.54, 1.807) is 11.3 Å². The quantitative estimate of drug-likeness (QED) is 0.409. The zero-order chi connectivity index (χ0) is 19.7. The van der Waals surface area contributed by atoms with Gasteiger partial charge in [0.1, 0.15) is 4.83 Å². The van der Waals surface area contributed by atoms with Crippen molar-refractivity contribution in [3.05, 3.63) is 20.8 Å². The van der Waals surface area contributed by atoms with E-state index in [-0.39, 0.29) is 17.5 Å². The number of aromatic nitrogens is 2. The van der Waals surface area contributed by atoms with Crippen LogP contribution < -0.4 is 5.56 Å². The fourth-order valence-corrected chi connectivity index (χ4v) is 6.54. The van der Waals surface area contributed by atoms with E-state index in [2.05, 4.69) is 13.8 Å². The van der Waals surface area contributed by atoms with E-state index in [1.807, 2.05) is 9.47 Å². The van der Waals surface area contributed by atoms with Gasteiger partial charge >= 0.3 is 0 Å². The summed E-state index contributed by atoms with van der Waals surface area (Å²) < 4.78 is 1.85. The Bertz CT molecular complexity index is 928. The molecule has 0 bridgehead atoms. The van der Waals surface area contributed by atoms with Gasteiger partial charge in [0, 0.05) is 24.0 Å². The number of aryl methyl sites for hydroxylation is 2. The van der Waals surface area contributed by atoms with Crippen LogP contribution in [-0.2, 0) is 17.6 Å². The highest BCUT2D eigenvalue weighted by atomic mass is 32.2. The summed E-state index contributed by atoms with van der Waals surface area (Å²) in [5.41, 5.74) is 1.34. The Balaban J connectivity index is 1.72. The van der Waals surface area contributed by atoms with Crippen LogP contribution in [0.15, 0.2) is 9.95 Å². The predicted molar refractivity (Wildman–Crippen MR) is 117 cm³/mol. The van der Waals surface area contributed by atoms with Crippen molar-refractivity contribution in [2.45, 2.75) is 76.4 Å². The van der Waals surface area contributed by atoms with Crippen molar-refractivity contribution in [1.82, 2.24) is 14.5 Å². The van der Waals surface area contributed by atoms with Gasteiger partial charge in [-0.15, -0.1) is 11.3 Å². The molecule has 2 aliphatic rings. The van der Waals surface area contributed by atoms with Crippen LogP contribution in [0.2, 0.25) is 0 Å². The number of amides is 1. The second kappa shape index (κ2) is 8.57. The van der Waals surface area contributed by atoms with Gasteiger partial charge in [-0.1, -0.05) is 25.1 Å². The largest absolute Gasteiger partial charge is 0.342 e. The molecule has 2 aromatic heterocycles. The maximum atomic E-state index is 13.5. The Morgan fingerprint density at radius 1 is 1.18 bits per heavy atom. The van der Waals surface area contributed by atoms with Crippen LogP contribution in [0.25, 0.3) is 10.2 Å². The summed E-state index contributed by atoms with van der Waals surface area (Å²) in [6.07, 6.45) is 8.71. The number of carbonyl (C=O) groups is 1. The van der Waals surface area contributed by atoms with E-state index in [4.69, 9.17) is 4.98 Å². The Morgan fingerprint density at radius 2 is 1.93 bits per heavy atom. The topological polar surface area (TPSA) is 55.2 Å². The average Bonchev–Trinajstić information content (AvgIpc) is 3.29. The number of thioether (sulfide) groups is 1. The lowest BCUT2D eigenvalue weighted by atomic mass is 10.1. The molecule has 1 unspecified atom stereocenters. The summed E-state index contributed by atoms with van der Waals surface area (Å²) in [5, 5.41) is 1.55. The number of thiophene rings is 1. The molecule has 0 spiro atoms. The molecule has 1 saturated heterocycles. The molecule has 3 heterocycles. The molecule has 7 heteroatoms. The minimum atomic E-state index is 0.0788. The third-order valence-corrected chi connectivity index (χ3v) is 8.18. The number of rotatable bonds is 5. The third kappa shape index (κ3) is 3.75. The number of likely N-dealkylation sites (tertiary alicyclic amines) is 1. The first-order chi connectivity index (χ1) is 13.6. The number of hydrogen-bond acceptors (Lipinski definition) is 5. The Labute approximate surface area is 174 Å². The Morgan fingerprint density at radius 3 is 2.68 bits per heavy atom. The summed E-state index contributed by atoms with van der Waals surface area (Å²) in [7, 11) is 0. The van der Waals surface area contributed by atoms with Gasteiger partial charge in [0.05, 0.1) is 11.1 Å². The number of hydrogen-bond donors (Lipinski definition) is 0. The number of nitrogens with zero attached hydrogens (tertiary/aromatic N) is 3. The zero-order valence-electron chi connectivity index (χ0n) is 16.8. The molecule has 1 amide bonds. The molecule has 1 aliphatic carbocycles. The molecule has 0 saturated carbocycles. The van der Waals surface area contributed by atoms with Crippen molar-refractivity contribution >= 4 is 39.2 Å². The van der Waals surface area contributed by atoms with Crippen LogP contribution in [-0.4, -0.2) is 39.2 Å². The summed E-state index contributed by atoms with van der Waals surface area (Å²) in [4.78, 5) is 35.1. The molecule has 152 valence electrons. The highest BCUT2D eigenvalue weighted by Gasteiger charge is 2.24. The number of carbonyl (C=O) groups excluding carboxylic acids is 1. The molecule has 0 N–H and O–H groups in total. The predicted octanol–water partition coefficient (Wildman–Crippen LogP) is 4.41. The third-order valence-electron chi connectivity index (χ3n) is 6.05. The van der Waals surface area contributed by atoms with Crippen molar-refractivity contribution in [3.8, 4) is 0 Å². The van der Waals surface area contributed by atoms with Gasteiger partial charge in [0.25, 0.3) is 5.56 Å². The normalized spacial score (nSPS) is 18.3. The van der Waals surface area contributed by atoms with Gasteiger partial charge in [-0.3, -0.25) is 14.2 Å². The van der Waals surface area contributed by atoms with Gasteiger partial charge < -0.3 is 4.90 Å². The summed E-state index contributed by atoms with van der Waals surface area (Å²) in [6, 6.07) is 0.0788. The fourth-order valence-electron chi connectivity index (χ4n) is 4.23. The number of fused-ring (bicyclic) bond motifs is 3. The smallest absolute Gasteiger partial charge is 0.263 e. The molecular formula is C21H29N3O2S2. The maximum absolute atomic E-state index is 13.5. The highest BCUT2D eigenvalue weighted by molar-refractivity contribution is 7.99. The van der Waals surface area contributed by atoms with E-state index in [0.29, 0.717) is 10.9 Å². The van der Waals surface area contributed by atoms with E-state index in [0.717, 1.165) is 61.8 Å². The van der Waals surface area contributed by atoms with Gasteiger partial charge in [-0.2, -0.15) is 0 Å². The lowest BCUT2D eigenvalue weighted by Crippen LogP contribution is -2.30. The SMILES string of the molecule is CCC(C)n1c(SCC(=O)N2CCCC2)nc2sc3c(c2c1=O)CCCCC3. The summed E-state index contributed by atoms with van der Waals surface area (Å²) in [6.45, 7) is 5.90. The first kappa shape index (κ1) is 20.0. The molecule has 1 fully saturated rings. The molecule has 5 nitrogen and oxygen atoms in total. The van der Waals surface area contributed by atoms with Crippen LogP contribution in [0.4, 0.5) is 0 Å². The van der Waals surface area contributed by atoms with Crippen LogP contribution in [0.1, 0.15) is 68.9 Å². The lowest BCUT2D eigenvalue weighted by molar-refractivity contribution is -0.127. The van der Waals surface area contributed by atoms with E-state index in [1.165, 1.54) is 35.0 Å². The second-order valence-corrected chi connectivity index (χ2v) is 9.97. The molecule has 2 aromatic rings.